The van der Waals surface area contributed by atoms with Crippen LogP contribution in [0.2, 0.25) is 0 Å². The lowest BCUT2D eigenvalue weighted by Gasteiger charge is -2.35. The molecular weight excluding hydrogens is 220 g/mol. The summed E-state index contributed by atoms with van der Waals surface area (Å²) < 4.78 is 0. The van der Waals surface area contributed by atoms with E-state index in [4.69, 9.17) is 0 Å². The lowest BCUT2D eigenvalue weighted by molar-refractivity contribution is 0.166. The second-order valence-electron chi connectivity index (χ2n) is 5.08. The molecule has 2 nitrogen and oxygen atoms in total. The zero-order valence-electron chi connectivity index (χ0n) is 11.4. The first-order valence-corrected chi connectivity index (χ1v) is 6.93. The molecule has 18 heavy (non-hydrogen) atoms. The van der Waals surface area contributed by atoms with Gasteiger partial charge in [0.2, 0.25) is 0 Å². The topological polar surface area (TPSA) is 15.3 Å². The number of hydrogen-bond acceptors (Lipinski definition) is 2. The standard InChI is InChI=1S/C16H24N2/c1-3-4-5-16(18-12-10-17-11-13-18)15-8-6-14(2)7-9-15/h3,6-9,16-17H,1,4-5,10-13H2,2H3/t16-/m1/s1. The summed E-state index contributed by atoms with van der Waals surface area (Å²) in [7, 11) is 0. The van der Waals surface area contributed by atoms with Crippen LogP contribution in [0.25, 0.3) is 0 Å². The summed E-state index contributed by atoms with van der Waals surface area (Å²) in [6, 6.07) is 9.55. The fraction of sp³-hybridized carbons (Fsp3) is 0.500. The number of rotatable bonds is 5. The molecule has 1 atom stereocenters. The summed E-state index contributed by atoms with van der Waals surface area (Å²) in [5.74, 6) is 0. The first-order chi connectivity index (χ1) is 8.81. The predicted molar refractivity (Wildman–Crippen MR) is 77.8 cm³/mol. The summed E-state index contributed by atoms with van der Waals surface area (Å²) in [6.45, 7) is 10.5. The zero-order valence-corrected chi connectivity index (χ0v) is 11.4. The van der Waals surface area contributed by atoms with Crippen molar-refractivity contribution >= 4 is 0 Å². The van der Waals surface area contributed by atoms with Crippen molar-refractivity contribution in [3.05, 3.63) is 48.0 Å². The Morgan fingerprint density at radius 1 is 1.28 bits per heavy atom. The average Bonchev–Trinajstić information content (AvgIpc) is 2.42. The highest BCUT2D eigenvalue weighted by atomic mass is 15.2. The van der Waals surface area contributed by atoms with Crippen molar-refractivity contribution in [3.63, 3.8) is 0 Å². The number of hydrogen-bond donors (Lipinski definition) is 1. The molecule has 1 aliphatic rings. The summed E-state index contributed by atoms with van der Waals surface area (Å²) in [6.07, 6.45) is 4.29. The van der Waals surface area contributed by atoms with Gasteiger partial charge in [0.15, 0.2) is 0 Å². The van der Waals surface area contributed by atoms with Crippen molar-refractivity contribution in [2.24, 2.45) is 0 Å². The molecule has 1 saturated heterocycles. The molecule has 1 aliphatic heterocycles. The Morgan fingerprint density at radius 2 is 1.94 bits per heavy atom. The summed E-state index contributed by atoms with van der Waals surface area (Å²) in [5, 5.41) is 3.42. The highest BCUT2D eigenvalue weighted by Gasteiger charge is 2.21. The maximum Gasteiger partial charge on any atom is 0.0352 e. The molecule has 2 rings (SSSR count). The number of benzene rings is 1. The molecule has 0 saturated carbocycles. The molecule has 0 radical (unpaired) electrons. The van der Waals surface area contributed by atoms with Crippen molar-refractivity contribution in [1.29, 1.82) is 0 Å². The van der Waals surface area contributed by atoms with E-state index in [9.17, 15) is 0 Å². The average molecular weight is 244 g/mol. The predicted octanol–water partition coefficient (Wildman–Crippen LogP) is 2.91. The van der Waals surface area contributed by atoms with Gasteiger partial charge in [-0.15, -0.1) is 6.58 Å². The Balaban J connectivity index is 2.12. The number of aryl methyl sites for hydroxylation is 1. The Hall–Kier alpha value is -1.12. The molecule has 2 heteroatoms. The van der Waals surface area contributed by atoms with Gasteiger partial charge >= 0.3 is 0 Å². The van der Waals surface area contributed by atoms with Crippen LogP contribution in [-0.4, -0.2) is 31.1 Å². The second kappa shape index (κ2) is 6.72. The van der Waals surface area contributed by atoms with Crippen LogP contribution in [0, 0.1) is 6.92 Å². The number of piperazine rings is 1. The third kappa shape index (κ3) is 3.44. The quantitative estimate of drug-likeness (QED) is 0.801. The van der Waals surface area contributed by atoms with Gasteiger partial charge in [-0.05, 0) is 25.3 Å². The van der Waals surface area contributed by atoms with E-state index in [-0.39, 0.29) is 0 Å². The van der Waals surface area contributed by atoms with E-state index in [1.165, 1.54) is 17.5 Å². The van der Waals surface area contributed by atoms with Crippen molar-refractivity contribution in [2.75, 3.05) is 26.2 Å². The summed E-state index contributed by atoms with van der Waals surface area (Å²) in [5.41, 5.74) is 2.78. The van der Waals surface area contributed by atoms with E-state index in [0.29, 0.717) is 6.04 Å². The Kier molecular flexibility index (Phi) is 4.97. The zero-order chi connectivity index (χ0) is 12.8. The second-order valence-corrected chi connectivity index (χ2v) is 5.08. The van der Waals surface area contributed by atoms with Crippen LogP contribution in [0.1, 0.15) is 30.0 Å². The fourth-order valence-corrected chi connectivity index (χ4v) is 2.62. The van der Waals surface area contributed by atoms with Crippen LogP contribution >= 0.6 is 0 Å². The van der Waals surface area contributed by atoms with Gasteiger partial charge in [-0.3, -0.25) is 4.90 Å². The third-order valence-electron chi connectivity index (χ3n) is 3.70. The molecule has 0 amide bonds. The van der Waals surface area contributed by atoms with Crippen molar-refractivity contribution < 1.29 is 0 Å². The largest absolute Gasteiger partial charge is 0.314 e. The smallest absolute Gasteiger partial charge is 0.0352 e. The molecule has 0 aromatic heterocycles. The molecule has 1 aromatic rings. The van der Waals surface area contributed by atoms with Gasteiger partial charge in [0.1, 0.15) is 0 Å². The van der Waals surface area contributed by atoms with Gasteiger partial charge in [-0.2, -0.15) is 0 Å². The fourth-order valence-electron chi connectivity index (χ4n) is 2.62. The first-order valence-electron chi connectivity index (χ1n) is 6.93. The van der Waals surface area contributed by atoms with E-state index < -0.39 is 0 Å². The molecule has 0 spiro atoms. The highest BCUT2D eigenvalue weighted by molar-refractivity contribution is 5.24. The molecule has 1 heterocycles. The Morgan fingerprint density at radius 3 is 2.56 bits per heavy atom. The van der Waals surface area contributed by atoms with Gasteiger partial charge in [0.25, 0.3) is 0 Å². The molecule has 0 aliphatic carbocycles. The molecule has 1 N–H and O–H groups in total. The van der Waals surface area contributed by atoms with Crippen LogP contribution in [0.4, 0.5) is 0 Å². The van der Waals surface area contributed by atoms with Crippen LogP contribution in [0.5, 0.6) is 0 Å². The van der Waals surface area contributed by atoms with Crippen LogP contribution < -0.4 is 5.32 Å². The lowest BCUT2D eigenvalue weighted by atomic mass is 9.98. The van der Waals surface area contributed by atoms with E-state index >= 15 is 0 Å². The molecular formula is C16H24N2. The molecule has 0 bridgehead atoms. The molecule has 1 fully saturated rings. The maximum atomic E-state index is 3.85. The van der Waals surface area contributed by atoms with Crippen LogP contribution in [0.3, 0.4) is 0 Å². The van der Waals surface area contributed by atoms with Crippen LogP contribution in [0.15, 0.2) is 36.9 Å². The number of allylic oxidation sites excluding steroid dienone is 1. The molecule has 98 valence electrons. The molecule has 0 unspecified atom stereocenters. The van der Waals surface area contributed by atoms with E-state index in [1.807, 2.05) is 6.08 Å². The summed E-state index contributed by atoms with van der Waals surface area (Å²) >= 11 is 0. The number of nitrogens with one attached hydrogen (secondary N) is 1. The minimum Gasteiger partial charge on any atom is -0.314 e. The van der Waals surface area contributed by atoms with Gasteiger partial charge in [0, 0.05) is 32.2 Å². The lowest BCUT2D eigenvalue weighted by Crippen LogP contribution is -2.45. The monoisotopic (exact) mass is 244 g/mol. The minimum atomic E-state index is 0.547. The van der Waals surface area contributed by atoms with Crippen molar-refractivity contribution in [2.45, 2.75) is 25.8 Å². The van der Waals surface area contributed by atoms with E-state index in [0.717, 1.165) is 32.6 Å². The highest BCUT2D eigenvalue weighted by Crippen LogP contribution is 2.26. The minimum absolute atomic E-state index is 0.547. The Bertz CT molecular complexity index is 363. The number of nitrogens with zero attached hydrogens (tertiary/aromatic N) is 1. The molecule has 1 aromatic carbocycles. The summed E-state index contributed by atoms with van der Waals surface area (Å²) in [4.78, 5) is 2.60. The van der Waals surface area contributed by atoms with E-state index in [2.05, 4.69) is 48.0 Å². The van der Waals surface area contributed by atoms with Gasteiger partial charge in [-0.25, -0.2) is 0 Å². The maximum absolute atomic E-state index is 3.85. The van der Waals surface area contributed by atoms with Gasteiger partial charge in [-0.1, -0.05) is 35.9 Å². The first kappa shape index (κ1) is 13.3. The van der Waals surface area contributed by atoms with E-state index in [1.54, 1.807) is 0 Å². The van der Waals surface area contributed by atoms with Gasteiger partial charge in [0.05, 0.1) is 0 Å². The Labute approximate surface area is 111 Å². The van der Waals surface area contributed by atoms with Crippen molar-refractivity contribution in [3.8, 4) is 0 Å². The SMILES string of the molecule is C=CCC[C@H](c1ccc(C)cc1)N1CCNCC1. The van der Waals surface area contributed by atoms with Gasteiger partial charge < -0.3 is 5.32 Å². The van der Waals surface area contributed by atoms with Crippen molar-refractivity contribution in [1.82, 2.24) is 10.2 Å². The van der Waals surface area contributed by atoms with Crippen LogP contribution in [-0.2, 0) is 0 Å². The third-order valence-corrected chi connectivity index (χ3v) is 3.70. The normalized spacial score (nSPS) is 18.5.